The predicted octanol–water partition coefficient (Wildman–Crippen LogP) is 2.51. The minimum absolute atomic E-state index is 0.199. The third-order valence-corrected chi connectivity index (χ3v) is 3.44. The number of nitrogens with one attached hydrogen (secondary N) is 2. The number of carbonyl (C=O) groups is 1. The van der Waals surface area contributed by atoms with E-state index in [0.29, 0.717) is 31.2 Å². The number of carbonyl (C=O) groups excluding carboxylic acids is 1. The van der Waals surface area contributed by atoms with E-state index in [9.17, 15) is 4.79 Å². The maximum Gasteiger partial charge on any atom is 0.271 e. The fourth-order valence-corrected chi connectivity index (χ4v) is 2.03. The zero-order valence-corrected chi connectivity index (χ0v) is 14.6. The maximum absolute atomic E-state index is 11.8. The number of nitrogens with zero attached hydrogens (tertiary/aromatic N) is 2. The van der Waals surface area contributed by atoms with E-state index in [1.807, 2.05) is 24.3 Å². The van der Waals surface area contributed by atoms with Gasteiger partial charge >= 0.3 is 0 Å². The molecular weight excluding hydrogens is 320 g/mol. The first kappa shape index (κ1) is 18.5. The Hall–Kier alpha value is -2.83. The molecule has 0 radical (unpaired) electrons. The summed E-state index contributed by atoms with van der Waals surface area (Å²) >= 11 is 0. The Balaban J connectivity index is 1.71. The SMILES string of the molecule is CCCCNC(=O)c1cnc(NCCOc2ccc(OC)cc2)cn1. The van der Waals surface area contributed by atoms with Crippen LogP contribution in [0.3, 0.4) is 0 Å². The van der Waals surface area contributed by atoms with Crippen LogP contribution >= 0.6 is 0 Å². The fraction of sp³-hybridized carbons (Fsp3) is 0.389. The Morgan fingerprint density at radius 1 is 1.08 bits per heavy atom. The summed E-state index contributed by atoms with van der Waals surface area (Å²) in [5.74, 6) is 1.96. The molecule has 0 unspecified atom stereocenters. The molecule has 25 heavy (non-hydrogen) atoms. The zero-order valence-electron chi connectivity index (χ0n) is 14.6. The Bertz CT molecular complexity index is 644. The lowest BCUT2D eigenvalue weighted by Crippen LogP contribution is -2.25. The van der Waals surface area contributed by atoms with Crippen LogP contribution in [0.15, 0.2) is 36.7 Å². The normalized spacial score (nSPS) is 10.2. The number of amides is 1. The van der Waals surface area contributed by atoms with Crippen LogP contribution in [0.25, 0.3) is 0 Å². The van der Waals surface area contributed by atoms with Crippen molar-refractivity contribution in [1.82, 2.24) is 15.3 Å². The summed E-state index contributed by atoms with van der Waals surface area (Å²) in [6.45, 7) is 3.78. The van der Waals surface area contributed by atoms with E-state index < -0.39 is 0 Å². The quantitative estimate of drug-likeness (QED) is 0.644. The van der Waals surface area contributed by atoms with Crippen LogP contribution in [-0.4, -0.2) is 42.7 Å². The lowest BCUT2D eigenvalue weighted by atomic mass is 10.3. The average Bonchev–Trinajstić information content (AvgIpc) is 2.66. The highest BCUT2D eigenvalue weighted by atomic mass is 16.5. The van der Waals surface area contributed by atoms with Crippen molar-refractivity contribution in [3.63, 3.8) is 0 Å². The number of hydrogen-bond donors (Lipinski definition) is 2. The van der Waals surface area contributed by atoms with E-state index in [0.717, 1.165) is 24.3 Å². The van der Waals surface area contributed by atoms with E-state index in [4.69, 9.17) is 9.47 Å². The second kappa shape index (κ2) is 10.1. The number of benzene rings is 1. The first-order valence-corrected chi connectivity index (χ1v) is 8.34. The summed E-state index contributed by atoms with van der Waals surface area (Å²) in [5.41, 5.74) is 0.316. The second-order valence-corrected chi connectivity index (χ2v) is 5.35. The molecule has 0 aliphatic rings. The Kier molecular flexibility index (Phi) is 7.49. The van der Waals surface area contributed by atoms with Gasteiger partial charge in [-0.2, -0.15) is 0 Å². The smallest absolute Gasteiger partial charge is 0.271 e. The van der Waals surface area contributed by atoms with Crippen LogP contribution in [0.4, 0.5) is 5.82 Å². The van der Waals surface area contributed by atoms with Gasteiger partial charge in [0.05, 0.1) is 26.0 Å². The van der Waals surface area contributed by atoms with Gasteiger partial charge in [0.15, 0.2) is 0 Å². The molecule has 7 heteroatoms. The molecule has 0 fully saturated rings. The van der Waals surface area contributed by atoms with Gasteiger partial charge in [0.25, 0.3) is 5.91 Å². The molecule has 0 saturated heterocycles. The van der Waals surface area contributed by atoms with Gasteiger partial charge in [-0.3, -0.25) is 4.79 Å². The molecule has 7 nitrogen and oxygen atoms in total. The molecule has 1 amide bonds. The van der Waals surface area contributed by atoms with Crippen LogP contribution in [-0.2, 0) is 0 Å². The van der Waals surface area contributed by atoms with Crippen LogP contribution in [0, 0.1) is 0 Å². The van der Waals surface area contributed by atoms with Crippen molar-refractivity contribution >= 4 is 11.7 Å². The summed E-state index contributed by atoms with van der Waals surface area (Å²) in [7, 11) is 1.63. The zero-order chi connectivity index (χ0) is 17.9. The maximum atomic E-state index is 11.8. The number of aromatic nitrogens is 2. The van der Waals surface area contributed by atoms with Gasteiger partial charge in [0, 0.05) is 6.54 Å². The highest BCUT2D eigenvalue weighted by Gasteiger charge is 2.06. The third-order valence-electron chi connectivity index (χ3n) is 3.44. The minimum atomic E-state index is -0.199. The molecule has 0 aliphatic heterocycles. The molecule has 2 aromatic rings. The van der Waals surface area contributed by atoms with Crippen molar-refractivity contribution in [3.05, 3.63) is 42.4 Å². The molecule has 1 aromatic carbocycles. The van der Waals surface area contributed by atoms with Crippen LogP contribution in [0.2, 0.25) is 0 Å². The molecule has 2 rings (SSSR count). The minimum Gasteiger partial charge on any atom is -0.497 e. The van der Waals surface area contributed by atoms with E-state index in [-0.39, 0.29) is 5.91 Å². The largest absolute Gasteiger partial charge is 0.497 e. The summed E-state index contributed by atoms with van der Waals surface area (Å²) in [6, 6.07) is 7.40. The van der Waals surface area contributed by atoms with Crippen molar-refractivity contribution in [3.8, 4) is 11.5 Å². The first-order chi connectivity index (χ1) is 12.2. The van der Waals surface area contributed by atoms with E-state index in [1.54, 1.807) is 13.3 Å². The molecule has 0 bridgehead atoms. The highest BCUT2D eigenvalue weighted by molar-refractivity contribution is 5.91. The van der Waals surface area contributed by atoms with Gasteiger partial charge in [-0.1, -0.05) is 13.3 Å². The standard InChI is InChI=1S/C18H24N4O3/c1-3-4-9-20-18(23)16-12-22-17(13-21-16)19-10-11-25-15-7-5-14(24-2)6-8-15/h5-8,12-13H,3-4,9-11H2,1-2H3,(H,19,22)(H,20,23). The van der Waals surface area contributed by atoms with E-state index in [1.165, 1.54) is 6.20 Å². The van der Waals surface area contributed by atoms with Gasteiger partial charge in [0.1, 0.15) is 29.6 Å². The number of anilines is 1. The highest BCUT2D eigenvalue weighted by Crippen LogP contribution is 2.16. The summed E-state index contributed by atoms with van der Waals surface area (Å²) in [4.78, 5) is 20.1. The molecular formula is C18H24N4O3. The summed E-state index contributed by atoms with van der Waals surface area (Å²) in [5, 5.41) is 5.91. The van der Waals surface area contributed by atoms with E-state index >= 15 is 0 Å². The number of hydrogen-bond acceptors (Lipinski definition) is 6. The molecule has 0 atom stereocenters. The fourth-order valence-electron chi connectivity index (χ4n) is 2.03. The summed E-state index contributed by atoms with van der Waals surface area (Å²) < 4.78 is 10.7. The number of methoxy groups -OCH3 is 1. The Labute approximate surface area is 147 Å². The van der Waals surface area contributed by atoms with Crippen LogP contribution in [0.1, 0.15) is 30.3 Å². The van der Waals surface area contributed by atoms with Crippen molar-refractivity contribution < 1.29 is 14.3 Å². The lowest BCUT2D eigenvalue weighted by molar-refractivity contribution is 0.0948. The first-order valence-electron chi connectivity index (χ1n) is 8.34. The van der Waals surface area contributed by atoms with Crippen LogP contribution in [0.5, 0.6) is 11.5 Å². The lowest BCUT2D eigenvalue weighted by Gasteiger charge is -2.09. The van der Waals surface area contributed by atoms with Gasteiger partial charge < -0.3 is 20.1 Å². The molecule has 0 saturated carbocycles. The number of ether oxygens (including phenoxy) is 2. The van der Waals surface area contributed by atoms with Gasteiger partial charge in [0.2, 0.25) is 0 Å². The van der Waals surface area contributed by atoms with Crippen molar-refractivity contribution in [2.75, 3.05) is 32.1 Å². The molecule has 134 valence electrons. The van der Waals surface area contributed by atoms with Crippen LogP contribution < -0.4 is 20.1 Å². The van der Waals surface area contributed by atoms with Gasteiger partial charge in [-0.25, -0.2) is 9.97 Å². The Morgan fingerprint density at radius 2 is 1.84 bits per heavy atom. The molecule has 0 spiro atoms. The molecule has 1 heterocycles. The van der Waals surface area contributed by atoms with Gasteiger partial charge in [-0.05, 0) is 30.7 Å². The Morgan fingerprint density at radius 3 is 2.48 bits per heavy atom. The average molecular weight is 344 g/mol. The number of unbranched alkanes of at least 4 members (excludes halogenated alkanes) is 1. The topological polar surface area (TPSA) is 85.4 Å². The van der Waals surface area contributed by atoms with Crippen molar-refractivity contribution in [2.45, 2.75) is 19.8 Å². The molecule has 1 aromatic heterocycles. The monoisotopic (exact) mass is 344 g/mol. The second-order valence-electron chi connectivity index (χ2n) is 5.35. The summed E-state index contributed by atoms with van der Waals surface area (Å²) in [6.07, 6.45) is 5.00. The molecule has 2 N–H and O–H groups in total. The molecule has 0 aliphatic carbocycles. The van der Waals surface area contributed by atoms with Crippen molar-refractivity contribution in [1.29, 1.82) is 0 Å². The third kappa shape index (κ3) is 6.29. The van der Waals surface area contributed by atoms with E-state index in [2.05, 4.69) is 27.5 Å². The predicted molar refractivity (Wildman–Crippen MR) is 96.3 cm³/mol. The van der Waals surface area contributed by atoms with Crippen molar-refractivity contribution in [2.24, 2.45) is 0 Å². The van der Waals surface area contributed by atoms with Gasteiger partial charge in [-0.15, -0.1) is 0 Å². The number of rotatable bonds is 10.